The predicted octanol–water partition coefficient (Wildman–Crippen LogP) is 2.54. The molecule has 0 radical (unpaired) electrons. The Balaban J connectivity index is 0.00000242. The van der Waals surface area contributed by atoms with Gasteiger partial charge in [0.25, 0.3) is 0 Å². The van der Waals surface area contributed by atoms with Gasteiger partial charge in [-0.3, -0.25) is 9.69 Å². The van der Waals surface area contributed by atoms with Crippen LogP contribution < -0.4 is 0 Å². The Morgan fingerprint density at radius 2 is 1.91 bits per heavy atom. The molecule has 7 heteroatoms. The molecule has 1 aliphatic heterocycles. The molecule has 0 aliphatic carbocycles. The highest BCUT2D eigenvalue weighted by Crippen LogP contribution is 2.24. The standard InChI is InChI=1S/C15H20F2N2O2.ClH/c1-11(13-3-2-12(16)10-14(13)17)19-8-6-18(7-9-19)5-4-15(20)21;/h2-3,10-11H,4-9H2,1H3,(H,20,21);1H. The molecule has 1 fully saturated rings. The lowest BCUT2D eigenvalue weighted by Crippen LogP contribution is -2.47. The number of carboxylic acids is 1. The lowest BCUT2D eigenvalue weighted by Gasteiger charge is -2.38. The van der Waals surface area contributed by atoms with Gasteiger partial charge in [0.05, 0.1) is 6.42 Å². The third-order valence-corrected chi connectivity index (χ3v) is 4.01. The molecule has 1 unspecified atom stereocenters. The number of rotatable bonds is 5. The van der Waals surface area contributed by atoms with Gasteiger partial charge in [-0.2, -0.15) is 0 Å². The van der Waals surface area contributed by atoms with Crippen LogP contribution in [0.2, 0.25) is 0 Å². The molecule has 1 aliphatic rings. The summed E-state index contributed by atoms with van der Waals surface area (Å²) in [5.74, 6) is -1.88. The first kappa shape index (κ1) is 18.8. The summed E-state index contributed by atoms with van der Waals surface area (Å²) in [6.45, 7) is 5.47. The number of halogens is 3. The number of aliphatic carboxylic acids is 1. The maximum Gasteiger partial charge on any atom is 0.304 e. The van der Waals surface area contributed by atoms with Crippen LogP contribution in [-0.4, -0.2) is 53.6 Å². The minimum absolute atomic E-state index is 0. The minimum atomic E-state index is -0.792. The zero-order chi connectivity index (χ0) is 15.4. The van der Waals surface area contributed by atoms with Crippen molar-refractivity contribution < 1.29 is 18.7 Å². The molecule has 0 amide bonds. The van der Waals surface area contributed by atoms with E-state index < -0.39 is 17.6 Å². The summed E-state index contributed by atoms with van der Waals surface area (Å²) in [5, 5.41) is 8.68. The number of benzene rings is 1. The lowest BCUT2D eigenvalue weighted by molar-refractivity contribution is -0.137. The number of carboxylic acid groups (broad SMARTS) is 1. The van der Waals surface area contributed by atoms with Gasteiger partial charge in [0.2, 0.25) is 0 Å². The predicted molar refractivity (Wildman–Crippen MR) is 82.3 cm³/mol. The molecular formula is C15H21ClF2N2O2. The number of piperazine rings is 1. The first-order valence-electron chi connectivity index (χ1n) is 7.10. The van der Waals surface area contributed by atoms with Crippen molar-refractivity contribution in [1.82, 2.24) is 9.80 Å². The molecule has 22 heavy (non-hydrogen) atoms. The molecule has 0 saturated carbocycles. The van der Waals surface area contributed by atoms with E-state index >= 15 is 0 Å². The maximum atomic E-state index is 13.8. The van der Waals surface area contributed by atoms with Gasteiger partial charge in [0, 0.05) is 50.4 Å². The number of nitrogens with zero attached hydrogens (tertiary/aromatic N) is 2. The molecule has 4 nitrogen and oxygen atoms in total. The summed E-state index contributed by atoms with van der Waals surface area (Å²) >= 11 is 0. The largest absolute Gasteiger partial charge is 0.481 e. The Kier molecular flexibility index (Phi) is 7.19. The highest BCUT2D eigenvalue weighted by Gasteiger charge is 2.24. The van der Waals surface area contributed by atoms with Crippen molar-refractivity contribution >= 4 is 18.4 Å². The van der Waals surface area contributed by atoms with Gasteiger partial charge in [-0.15, -0.1) is 12.4 Å². The van der Waals surface area contributed by atoms with Crippen molar-refractivity contribution in [1.29, 1.82) is 0 Å². The van der Waals surface area contributed by atoms with Crippen molar-refractivity contribution in [3.8, 4) is 0 Å². The van der Waals surface area contributed by atoms with Crippen LogP contribution in [0.5, 0.6) is 0 Å². The van der Waals surface area contributed by atoms with Gasteiger partial charge >= 0.3 is 5.97 Å². The summed E-state index contributed by atoms with van der Waals surface area (Å²) in [5.41, 5.74) is 0.496. The van der Waals surface area contributed by atoms with Crippen LogP contribution in [0, 0.1) is 11.6 Å². The Bertz CT molecular complexity index is 508. The molecule has 1 saturated heterocycles. The first-order valence-corrected chi connectivity index (χ1v) is 7.10. The third kappa shape index (κ3) is 4.90. The number of hydrogen-bond donors (Lipinski definition) is 1. The van der Waals surface area contributed by atoms with Crippen LogP contribution in [0.1, 0.15) is 24.9 Å². The zero-order valence-electron chi connectivity index (χ0n) is 12.5. The van der Waals surface area contributed by atoms with Crippen LogP contribution in [-0.2, 0) is 4.79 Å². The van der Waals surface area contributed by atoms with Crippen LogP contribution >= 0.6 is 12.4 Å². The van der Waals surface area contributed by atoms with Crippen molar-refractivity contribution in [3.05, 3.63) is 35.4 Å². The number of hydrogen-bond acceptors (Lipinski definition) is 3. The van der Waals surface area contributed by atoms with E-state index in [9.17, 15) is 13.6 Å². The summed E-state index contributed by atoms with van der Waals surface area (Å²) in [4.78, 5) is 14.8. The van der Waals surface area contributed by atoms with Crippen LogP contribution in [0.15, 0.2) is 18.2 Å². The highest BCUT2D eigenvalue weighted by molar-refractivity contribution is 5.85. The molecule has 1 aromatic rings. The molecule has 124 valence electrons. The molecule has 1 aromatic carbocycles. The zero-order valence-corrected chi connectivity index (χ0v) is 13.3. The molecule has 0 spiro atoms. The second-order valence-corrected chi connectivity index (χ2v) is 5.36. The molecular weight excluding hydrogens is 314 g/mol. The smallest absolute Gasteiger partial charge is 0.304 e. The average molecular weight is 335 g/mol. The van der Waals surface area contributed by atoms with Crippen molar-refractivity contribution in [3.63, 3.8) is 0 Å². The summed E-state index contributed by atoms with van der Waals surface area (Å²) < 4.78 is 26.7. The fourth-order valence-corrected chi connectivity index (χ4v) is 2.67. The molecule has 0 bridgehead atoms. The summed E-state index contributed by atoms with van der Waals surface area (Å²) in [7, 11) is 0. The van der Waals surface area contributed by atoms with E-state index in [0.29, 0.717) is 12.1 Å². The van der Waals surface area contributed by atoms with Crippen LogP contribution in [0.3, 0.4) is 0 Å². The normalized spacial score (nSPS) is 17.8. The fraction of sp³-hybridized carbons (Fsp3) is 0.533. The average Bonchev–Trinajstić information content (AvgIpc) is 2.45. The van der Waals surface area contributed by atoms with E-state index in [2.05, 4.69) is 9.80 Å². The SMILES string of the molecule is CC(c1ccc(F)cc1F)N1CCN(CCC(=O)O)CC1.Cl. The van der Waals surface area contributed by atoms with Crippen molar-refractivity contribution in [2.24, 2.45) is 0 Å². The molecule has 0 aromatic heterocycles. The Morgan fingerprint density at radius 3 is 2.45 bits per heavy atom. The van der Waals surface area contributed by atoms with Crippen molar-refractivity contribution in [2.75, 3.05) is 32.7 Å². The van der Waals surface area contributed by atoms with E-state index in [1.165, 1.54) is 12.1 Å². The fourth-order valence-electron chi connectivity index (χ4n) is 2.67. The maximum absolute atomic E-state index is 13.8. The molecule has 2 rings (SSSR count). The Morgan fingerprint density at radius 1 is 1.27 bits per heavy atom. The monoisotopic (exact) mass is 334 g/mol. The topological polar surface area (TPSA) is 43.8 Å². The van der Waals surface area contributed by atoms with Gasteiger partial charge in [-0.05, 0) is 13.0 Å². The Hall–Kier alpha value is -1.24. The second kappa shape index (κ2) is 8.41. The Labute approximate surface area is 135 Å². The van der Waals surface area contributed by atoms with E-state index in [1.807, 2.05) is 6.92 Å². The van der Waals surface area contributed by atoms with E-state index in [1.54, 1.807) is 0 Å². The van der Waals surface area contributed by atoms with Gasteiger partial charge in [-0.1, -0.05) is 6.07 Å². The van der Waals surface area contributed by atoms with Crippen molar-refractivity contribution in [2.45, 2.75) is 19.4 Å². The molecule has 1 N–H and O–H groups in total. The third-order valence-electron chi connectivity index (χ3n) is 4.01. The second-order valence-electron chi connectivity index (χ2n) is 5.36. The van der Waals surface area contributed by atoms with Gasteiger partial charge in [0.15, 0.2) is 0 Å². The number of carbonyl (C=O) groups is 1. The van der Waals surface area contributed by atoms with E-state index in [0.717, 1.165) is 32.2 Å². The first-order chi connectivity index (χ1) is 9.97. The van der Waals surface area contributed by atoms with Gasteiger partial charge in [-0.25, -0.2) is 8.78 Å². The molecule has 1 atom stereocenters. The lowest BCUT2D eigenvalue weighted by atomic mass is 10.1. The van der Waals surface area contributed by atoms with Gasteiger partial charge < -0.3 is 10.0 Å². The highest BCUT2D eigenvalue weighted by atomic mass is 35.5. The summed E-state index contributed by atoms with van der Waals surface area (Å²) in [6, 6.07) is 3.56. The van der Waals surface area contributed by atoms with Crippen LogP contribution in [0.25, 0.3) is 0 Å². The van der Waals surface area contributed by atoms with Crippen LogP contribution in [0.4, 0.5) is 8.78 Å². The van der Waals surface area contributed by atoms with Gasteiger partial charge in [0.1, 0.15) is 11.6 Å². The van der Waals surface area contributed by atoms with E-state index in [4.69, 9.17) is 5.11 Å². The van der Waals surface area contributed by atoms with E-state index in [-0.39, 0.29) is 24.9 Å². The quantitative estimate of drug-likeness (QED) is 0.898. The molecule has 1 heterocycles. The summed E-state index contributed by atoms with van der Waals surface area (Å²) in [6.07, 6.45) is 0.141. The minimum Gasteiger partial charge on any atom is -0.481 e.